The molecule has 11 nitrogen and oxygen atoms in total. The third-order valence-electron chi connectivity index (χ3n) is 8.22. The zero-order chi connectivity index (χ0) is 28.5. The molecule has 1 aromatic rings. The summed E-state index contributed by atoms with van der Waals surface area (Å²) in [4.78, 5) is 42.8. The molecule has 0 fully saturated rings. The Morgan fingerprint density at radius 3 is 2.46 bits per heavy atom. The first-order chi connectivity index (χ1) is 18.3. The van der Waals surface area contributed by atoms with Gasteiger partial charge >= 0.3 is 0 Å². The fourth-order valence-electron chi connectivity index (χ4n) is 6.45. The second kappa shape index (κ2) is 9.13. The Bertz CT molecular complexity index is 1410. The molecule has 0 bridgehead atoms. The van der Waals surface area contributed by atoms with Crippen LogP contribution in [0.1, 0.15) is 46.9 Å². The summed E-state index contributed by atoms with van der Waals surface area (Å²) in [5.41, 5.74) is 3.38. The van der Waals surface area contributed by atoms with E-state index in [1.165, 1.54) is 0 Å². The Morgan fingerprint density at radius 1 is 1.15 bits per heavy atom. The van der Waals surface area contributed by atoms with Gasteiger partial charge in [0, 0.05) is 49.7 Å². The molecule has 4 aliphatic rings. The molecule has 0 aromatic heterocycles. The van der Waals surface area contributed by atoms with Gasteiger partial charge in [-0.1, -0.05) is 0 Å². The lowest BCUT2D eigenvalue weighted by molar-refractivity contribution is -0.144. The standard InChI is InChI=1S/C28H33N3O8/c1-30(2)11-14-5-6-19(39-14)16-10-17(31(3)4)15-8-12-7-13-9-18(32)22(27(29)37)26(36)28(13,38)25(35)20(12)24(34)21(15)23(16)33/h5,10,12-13,19,32-33,35,38H,6-9,11H2,1-4H3,(H2,29,37)/t12-,13?,19?,28+/m1/s1. The highest BCUT2D eigenvalue weighted by Crippen LogP contribution is 2.53. The highest BCUT2D eigenvalue weighted by molar-refractivity contribution is 6.24. The van der Waals surface area contributed by atoms with Gasteiger partial charge in [0.25, 0.3) is 5.91 Å². The first kappa shape index (κ1) is 26.8. The molecule has 1 aliphatic heterocycles. The van der Waals surface area contributed by atoms with E-state index in [9.17, 15) is 34.8 Å². The number of benzene rings is 1. The number of hydrogen-bond donors (Lipinski definition) is 5. The van der Waals surface area contributed by atoms with Crippen molar-refractivity contribution >= 4 is 23.2 Å². The summed E-state index contributed by atoms with van der Waals surface area (Å²) < 4.78 is 6.08. The number of hydrogen-bond acceptors (Lipinski definition) is 10. The van der Waals surface area contributed by atoms with E-state index in [0.29, 0.717) is 29.8 Å². The van der Waals surface area contributed by atoms with E-state index in [2.05, 4.69) is 0 Å². The normalized spacial score (nSPS) is 28.2. The van der Waals surface area contributed by atoms with Crippen LogP contribution in [-0.4, -0.2) is 83.1 Å². The average molecular weight is 540 g/mol. The summed E-state index contributed by atoms with van der Waals surface area (Å²) in [7, 11) is 7.47. The molecule has 0 spiro atoms. The fourth-order valence-corrected chi connectivity index (χ4v) is 6.45. The molecule has 11 heteroatoms. The van der Waals surface area contributed by atoms with E-state index < -0.39 is 58.1 Å². The number of aliphatic hydroxyl groups is 3. The summed E-state index contributed by atoms with van der Waals surface area (Å²) in [6, 6.07) is 1.81. The number of aromatic hydroxyl groups is 1. The molecular formula is C28H33N3O8. The van der Waals surface area contributed by atoms with Crippen LogP contribution in [0, 0.1) is 11.8 Å². The summed E-state index contributed by atoms with van der Waals surface area (Å²) >= 11 is 0. The summed E-state index contributed by atoms with van der Waals surface area (Å²) in [5.74, 6) is -5.68. The van der Waals surface area contributed by atoms with Crippen LogP contribution in [0.3, 0.4) is 0 Å². The third-order valence-corrected chi connectivity index (χ3v) is 8.22. The minimum absolute atomic E-state index is 0.0162. The fraction of sp³-hybridized carbons (Fsp3) is 0.464. The predicted octanol–water partition coefficient (Wildman–Crippen LogP) is 1.55. The van der Waals surface area contributed by atoms with Crippen molar-refractivity contribution in [2.75, 3.05) is 39.6 Å². The van der Waals surface area contributed by atoms with Gasteiger partial charge in [0.05, 0.1) is 12.1 Å². The Hall–Kier alpha value is -3.83. The van der Waals surface area contributed by atoms with Gasteiger partial charge in [-0.2, -0.15) is 0 Å². The Labute approximate surface area is 225 Å². The van der Waals surface area contributed by atoms with Crippen LogP contribution in [-0.2, 0) is 20.7 Å². The van der Waals surface area contributed by atoms with E-state index >= 15 is 0 Å². The molecule has 3 aliphatic carbocycles. The van der Waals surface area contributed by atoms with Crippen LogP contribution in [0.2, 0.25) is 0 Å². The van der Waals surface area contributed by atoms with E-state index in [4.69, 9.17) is 10.5 Å². The maximum atomic E-state index is 14.0. The summed E-state index contributed by atoms with van der Waals surface area (Å²) in [6.07, 6.45) is 1.97. The number of allylic oxidation sites excluding steroid dienone is 2. The van der Waals surface area contributed by atoms with Crippen LogP contribution in [0.5, 0.6) is 5.75 Å². The van der Waals surface area contributed by atoms with Crippen molar-refractivity contribution in [2.45, 2.75) is 37.4 Å². The number of primary amides is 1. The van der Waals surface area contributed by atoms with Gasteiger partial charge in [-0.3, -0.25) is 14.4 Å². The van der Waals surface area contributed by atoms with Crippen LogP contribution >= 0.6 is 0 Å². The van der Waals surface area contributed by atoms with E-state index in [1.807, 2.05) is 50.1 Å². The topological polar surface area (TPSA) is 174 Å². The van der Waals surface area contributed by atoms with Gasteiger partial charge in [-0.25, -0.2) is 0 Å². The number of phenolic OH excluding ortho intramolecular Hbond substituents is 1. The van der Waals surface area contributed by atoms with Crippen LogP contribution in [0.4, 0.5) is 5.69 Å². The van der Waals surface area contributed by atoms with Gasteiger partial charge in [0.1, 0.15) is 34.7 Å². The number of nitrogens with two attached hydrogens (primary N) is 1. The number of ether oxygens (including phenoxy) is 1. The molecule has 0 saturated heterocycles. The molecule has 1 aromatic carbocycles. The second-order valence-corrected chi connectivity index (χ2v) is 11.2. The number of rotatable bonds is 5. The molecule has 1 amide bonds. The van der Waals surface area contributed by atoms with E-state index in [0.717, 1.165) is 5.76 Å². The van der Waals surface area contributed by atoms with Crippen LogP contribution < -0.4 is 10.6 Å². The number of aliphatic hydroxyl groups excluding tert-OH is 2. The number of fused-ring (bicyclic) bond motifs is 3. The number of ketones is 2. The van der Waals surface area contributed by atoms with Gasteiger partial charge < -0.3 is 40.7 Å². The molecule has 4 atom stereocenters. The Balaban J connectivity index is 1.62. The van der Waals surface area contributed by atoms with Crippen molar-refractivity contribution in [3.63, 3.8) is 0 Å². The number of carbonyl (C=O) groups excluding carboxylic acids is 3. The van der Waals surface area contributed by atoms with Gasteiger partial charge in [0.15, 0.2) is 11.4 Å². The lowest BCUT2D eigenvalue weighted by atomic mass is 9.60. The Morgan fingerprint density at radius 2 is 1.85 bits per heavy atom. The van der Waals surface area contributed by atoms with Gasteiger partial charge in [-0.15, -0.1) is 0 Å². The first-order valence-corrected chi connectivity index (χ1v) is 12.8. The van der Waals surface area contributed by atoms with E-state index in [-0.39, 0.29) is 36.1 Å². The first-order valence-electron chi connectivity index (χ1n) is 12.8. The van der Waals surface area contributed by atoms with Gasteiger partial charge in [-0.05, 0) is 50.6 Å². The molecule has 1 heterocycles. The van der Waals surface area contributed by atoms with Crippen LogP contribution in [0.25, 0.3) is 0 Å². The van der Waals surface area contributed by atoms with E-state index in [1.54, 1.807) is 0 Å². The molecule has 208 valence electrons. The van der Waals surface area contributed by atoms with Gasteiger partial charge in [0.2, 0.25) is 5.78 Å². The molecule has 0 radical (unpaired) electrons. The number of nitrogens with zero attached hydrogens (tertiary/aromatic N) is 2. The molecule has 39 heavy (non-hydrogen) atoms. The van der Waals surface area contributed by atoms with Crippen LogP contribution in [0.15, 0.2) is 40.6 Å². The highest BCUT2D eigenvalue weighted by Gasteiger charge is 2.59. The maximum absolute atomic E-state index is 14.0. The van der Waals surface area contributed by atoms with Crippen molar-refractivity contribution in [2.24, 2.45) is 17.6 Å². The summed E-state index contributed by atoms with van der Waals surface area (Å²) in [5, 5.41) is 44.5. The highest BCUT2D eigenvalue weighted by atomic mass is 16.5. The minimum Gasteiger partial charge on any atom is -0.511 e. The van der Waals surface area contributed by atoms with Crippen molar-refractivity contribution in [3.05, 3.63) is 57.3 Å². The number of phenols is 1. The maximum Gasteiger partial charge on any atom is 0.255 e. The number of carbonyl (C=O) groups is 3. The second-order valence-electron chi connectivity index (χ2n) is 11.2. The number of anilines is 1. The molecule has 6 N–H and O–H groups in total. The summed E-state index contributed by atoms with van der Waals surface area (Å²) in [6.45, 7) is 0.579. The number of Topliss-reactive ketones (excluding diaryl/α,β-unsaturated/α-hetero) is 2. The lowest BCUT2D eigenvalue weighted by Gasteiger charge is -2.46. The molecular weight excluding hydrogens is 506 g/mol. The Kier molecular flexibility index (Phi) is 6.27. The number of likely N-dealkylation sites (N-methyl/N-ethyl adjacent to an activating group) is 1. The largest absolute Gasteiger partial charge is 0.511 e. The zero-order valence-electron chi connectivity index (χ0n) is 22.3. The smallest absolute Gasteiger partial charge is 0.255 e. The quantitative estimate of drug-likeness (QED) is 0.345. The van der Waals surface area contributed by atoms with Crippen molar-refractivity contribution < 1.29 is 39.5 Å². The van der Waals surface area contributed by atoms with Crippen molar-refractivity contribution in [1.29, 1.82) is 0 Å². The third kappa shape index (κ3) is 3.90. The predicted molar refractivity (Wildman–Crippen MR) is 140 cm³/mol. The van der Waals surface area contributed by atoms with Crippen molar-refractivity contribution in [3.8, 4) is 5.75 Å². The monoisotopic (exact) mass is 539 g/mol. The minimum atomic E-state index is -2.59. The SMILES string of the molecule is CN(C)CC1=CCC(c2cc(N(C)C)c3c(c2O)C(=O)C2=C(O)[C@]4(O)C(=O)C(C(N)=O)=C(O)CC4C[C@@H]2C3)O1. The molecule has 2 unspecified atom stereocenters. The molecule has 0 saturated carbocycles. The van der Waals surface area contributed by atoms with Crippen molar-refractivity contribution in [1.82, 2.24) is 4.90 Å². The molecule has 5 rings (SSSR count). The number of amides is 1. The lowest BCUT2D eigenvalue weighted by Crippen LogP contribution is -2.57. The zero-order valence-corrected chi connectivity index (χ0v) is 22.3. The average Bonchev–Trinajstić information content (AvgIpc) is 3.28.